The van der Waals surface area contributed by atoms with Crippen LogP contribution in [0.25, 0.3) is 42.4 Å². The van der Waals surface area contributed by atoms with Crippen molar-refractivity contribution in [2.45, 2.75) is 20.8 Å². The molecule has 0 atom stereocenters. The highest BCUT2D eigenvalue weighted by atomic mass is 32.1. The number of hydrogen-bond acceptors (Lipinski definition) is 1. The van der Waals surface area contributed by atoms with Gasteiger partial charge in [-0.25, -0.2) is 0 Å². The Kier molecular flexibility index (Phi) is 3.87. The molecule has 1 heterocycles. The fraction of sp³-hybridized carbons (Fsp3) is 0.111. The van der Waals surface area contributed by atoms with Gasteiger partial charge in [-0.05, 0) is 83.4 Å². The van der Waals surface area contributed by atoms with E-state index in [9.17, 15) is 0 Å². The molecule has 1 heteroatoms. The van der Waals surface area contributed by atoms with E-state index >= 15 is 0 Å². The lowest BCUT2D eigenvalue weighted by Crippen LogP contribution is -1.91. The Morgan fingerprint density at radius 2 is 1.14 bits per heavy atom. The number of rotatable bonds is 0. The van der Waals surface area contributed by atoms with Gasteiger partial charge < -0.3 is 0 Å². The highest BCUT2D eigenvalue weighted by molar-refractivity contribution is 7.19. The lowest BCUT2D eigenvalue weighted by molar-refractivity contribution is 1.66. The average molecular weight is 375 g/mol. The molecule has 0 fully saturated rings. The minimum absolute atomic E-state index is 1.10. The summed E-state index contributed by atoms with van der Waals surface area (Å²) < 4.78 is 1.31. The van der Waals surface area contributed by atoms with Gasteiger partial charge in [0.15, 0.2) is 0 Å². The maximum absolute atomic E-state index is 3.41. The van der Waals surface area contributed by atoms with Crippen molar-refractivity contribution in [1.82, 2.24) is 0 Å². The zero-order valence-electron chi connectivity index (χ0n) is 16.1. The zero-order chi connectivity index (χ0) is 19.3. The largest absolute Gasteiger partial charge is 0.141 e. The predicted molar refractivity (Wildman–Crippen MR) is 124 cm³/mol. The monoisotopic (exact) mass is 374 g/mol. The minimum Gasteiger partial charge on any atom is -0.141 e. The summed E-state index contributed by atoms with van der Waals surface area (Å²) in [6, 6.07) is 19.9. The van der Waals surface area contributed by atoms with Crippen molar-refractivity contribution in [3.05, 3.63) is 70.6 Å². The molecular formula is C27H18S. The second-order valence-electron chi connectivity index (χ2n) is 7.04. The van der Waals surface area contributed by atoms with Crippen LogP contribution in [0.4, 0.5) is 0 Å². The summed E-state index contributed by atoms with van der Waals surface area (Å²) in [6.45, 7) is 5.98. The molecule has 0 amide bonds. The van der Waals surface area contributed by atoms with E-state index in [2.05, 4.69) is 85.2 Å². The van der Waals surface area contributed by atoms with Crippen LogP contribution in [0.3, 0.4) is 0 Å². The van der Waals surface area contributed by atoms with E-state index < -0.39 is 0 Å². The van der Waals surface area contributed by atoms with Crippen LogP contribution in [0, 0.1) is 30.6 Å². The first-order chi connectivity index (χ1) is 13.7. The molecule has 5 aromatic rings. The second kappa shape index (κ2) is 6.42. The second-order valence-corrected chi connectivity index (χ2v) is 8.33. The lowest BCUT2D eigenvalue weighted by Gasteiger charge is -2.13. The van der Waals surface area contributed by atoms with E-state index in [-0.39, 0.29) is 0 Å². The molecule has 0 N–H and O–H groups in total. The minimum atomic E-state index is 1.10. The fourth-order valence-electron chi connectivity index (χ4n) is 4.10. The van der Waals surface area contributed by atoms with E-state index in [1.807, 2.05) is 25.2 Å². The normalized spacial score (nSPS) is 10.8. The van der Waals surface area contributed by atoms with Crippen molar-refractivity contribution in [2.24, 2.45) is 0 Å². The molecule has 0 bridgehead atoms. The highest BCUT2D eigenvalue weighted by Crippen LogP contribution is 2.38. The third kappa shape index (κ3) is 2.49. The fourth-order valence-corrected chi connectivity index (χ4v) is 5.04. The molecule has 0 unspecified atom stereocenters. The Morgan fingerprint density at radius 3 is 1.68 bits per heavy atom. The van der Waals surface area contributed by atoms with Gasteiger partial charge in [-0.3, -0.25) is 0 Å². The quantitative estimate of drug-likeness (QED) is 0.195. The van der Waals surface area contributed by atoms with Crippen LogP contribution < -0.4 is 0 Å². The molecule has 0 aliphatic heterocycles. The predicted octanol–water partition coefficient (Wildman–Crippen LogP) is 7.41. The van der Waals surface area contributed by atoms with Gasteiger partial charge in [-0.15, -0.1) is 23.2 Å². The summed E-state index contributed by atoms with van der Waals surface area (Å²) in [6.07, 6.45) is 0. The van der Waals surface area contributed by atoms with Gasteiger partial charge in [0.2, 0.25) is 0 Å². The topological polar surface area (TPSA) is 0 Å². The lowest BCUT2D eigenvalue weighted by atomic mass is 9.89. The molecule has 0 aliphatic carbocycles. The first-order valence-electron chi connectivity index (χ1n) is 9.37. The van der Waals surface area contributed by atoms with Crippen molar-refractivity contribution in [1.29, 1.82) is 0 Å². The molecule has 4 aromatic carbocycles. The molecule has 28 heavy (non-hydrogen) atoms. The van der Waals surface area contributed by atoms with Crippen LogP contribution in [0.15, 0.2) is 54.6 Å². The van der Waals surface area contributed by atoms with E-state index in [1.54, 1.807) is 0 Å². The van der Waals surface area contributed by atoms with Gasteiger partial charge in [0, 0.05) is 26.1 Å². The number of fused-ring (bicyclic) bond motifs is 4. The Morgan fingerprint density at radius 1 is 0.643 bits per heavy atom. The Bertz CT molecular complexity index is 1420. The summed E-state index contributed by atoms with van der Waals surface area (Å²) in [5, 5.41) is 8.51. The Balaban J connectivity index is 2.11. The third-order valence-electron chi connectivity index (χ3n) is 5.24. The number of hydrogen-bond donors (Lipinski definition) is 0. The Labute approximate surface area is 168 Å². The van der Waals surface area contributed by atoms with Crippen molar-refractivity contribution in [2.75, 3.05) is 0 Å². The van der Waals surface area contributed by atoms with E-state index in [1.165, 1.54) is 47.3 Å². The number of aryl methyl sites for hydroxylation is 1. The summed E-state index contributed by atoms with van der Waals surface area (Å²) >= 11 is 1.84. The maximum Gasteiger partial charge on any atom is 0.0403 e. The first-order valence-corrected chi connectivity index (χ1v) is 10.2. The van der Waals surface area contributed by atoms with E-state index in [4.69, 9.17) is 0 Å². The molecule has 0 nitrogen and oxygen atoms in total. The highest BCUT2D eigenvalue weighted by Gasteiger charge is 2.15. The third-order valence-corrected chi connectivity index (χ3v) is 6.26. The standard InChI is InChI=1S/C27H18S/c1-4-8-21-23-13-18-10-6-7-11-19(18)14-24(23)22(9-5-2)26-16-27-20(15-25(21)26)12-17(3)28-27/h6-7,10-16H,1-3H3. The molecule has 0 saturated carbocycles. The van der Waals surface area contributed by atoms with Crippen molar-refractivity contribution < 1.29 is 0 Å². The summed E-state index contributed by atoms with van der Waals surface area (Å²) in [4.78, 5) is 1.33. The van der Waals surface area contributed by atoms with Crippen molar-refractivity contribution in [3.8, 4) is 23.7 Å². The Hall–Kier alpha value is -3.26. The van der Waals surface area contributed by atoms with Gasteiger partial charge in [-0.1, -0.05) is 36.1 Å². The van der Waals surface area contributed by atoms with Crippen LogP contribution in [0.5, 0.6) is 0 Å². The van der Waals surface area contributed by atoms with Crippen molar-refractivity contribution >= 4 is 53.7 Å². The molecule has 132 valence electrons. The summed E-state index contributed by atoms with van der Waals surface area (Å²) in [5.74, 6) is 13.1. The molecule has 0 saturated heterocycles. The summed E-state index contributed by atoms with van der Waals surface area (Å²) in [7, 11) is 0. The van der Waals surface area contributed by atoms with Gasteiger partial charge in [0.05, 0.1) is 0 Å². The van der Waals surface area contributed by atoms with Gasteiger partial charge in [0.1, 0.15) is 0 Å². The van der Waals surface area contributed by atoms with Crippen LogP contribution in [0.2, 0.25) is 0 Å². The smallest absolute Gasteiger partial charge is 0.0403 e. The number of benzene rings is 4. The number of thiophene rings is 1. The molecule has 0 spiro atoms. The van der Waals surface area contributed by atoms with Crippen LogP contribution in [0.1, 0.15) is 29.9 Å². The van der Waals surface area contributed by atoms with Crippen LogP contribution in [-0.4, -0.2) is 0 Å². The van der Waals surface area contributed by atoms with Crippen LogP contribution >= 0.6 is 11.3 Å². The van der Waals surface area contributed by atoms with Gasteiger partial charge in [-0.2, -0.15) is 0 Å². The molecule has 0 radical (unpaired) electrons. The van der Waals surface area contributed by atoms with Crippen LogP contribution in [-0.2, 0) is 0 Å². The first kappa shape index (κ1) is 16.9. The SMILES string of the molecule is CC#Cc1c2cc3ccccc3cc2c(C#CC)c2cc3sc(C)cc3cc12. The van der Waals surface area contributed by atoms with E-state index in [0.717, 1.165) is 11.1 Å². The van der Waals surface area contributed by atoms with E-state index in [0.29, 0.717) is 0 Å². The maximum atomic E-state index is 3.41. The molecule has 5 rings (SSSR count). The van der Waals surface area contributed by atoms with Gasteiger partial charge in [0.25, 0.3) is 0 Å². The molecular weight excluding hydrogens is 356 g/mol. The van der Waals surface area contributed by atoms with Crippen molar-refractivity contribution in [3.63, 3.8) is 0 Å². The average Bonchev–Trinajstić information content (AvgIpc) is 3.07. The van der Waals surface area contributed by atoms with Gasteiger partial charge >= 0.3 is 0 Å². The molecule has 0 aliphatic rings. The molecule has 1 aromatic heterocycles. The zero-order valence-corrected chi connectivity index (χ0v) is 16.9. The summed E-state index contributed by atoms with van der Waals surface area (Å²) in [5.41, 5.74) is 2.21.